The third-order valence-electron chi connectivity index (χ3n) is 2.46. The summed E-state index contributed by atoms with van der Waals surface area (Å²) in [6.07, 6.45) is 0. The van der Waals surface area contributed by atoms with Crippen molar-refractivity contribution < 1.29 is 0 Å². The summed E-state index contributed by atoms with van der Waals surface area (Å²) in [6.45, 7) is 4.25. The average Bonchev–Trinajstić information content (AvgIpc) is 2.15. The Balaban J connectivity index is 2.73. The van der Waals surface area contributed by atoms with E-state index in [9.17, 15) is 0 Å². The molecule has 1 aromatic carbocycles. The van der Waals surface area contributed by atoms with E-state index in [0.717, 1.165) is 22.3 Å². The first-order valence-electron chi connectivity index (χ1n) is 5.14. The standard InChI is InChI=1S/C12H15BN2/c1-12(2,13)11-9(14)7-8-5-3-4-6-10(8)15-11/h3-7H,13-14H2,1-2H3. The van der Waals surface area contributed by atoms with Crippen LogP contribution in [0, 0.1) is 0 Å². The fraction of sp³-hybridized carbons (Fsp3) is 0.250. The minimum atomic E-state index is -0.00584. The maximum absolute atomic E-state index is 6.01. The van der Waals surface area contributed by atoms with Gasteiger partial charge in [0.25, 0.3) is 0 Å². The summed E-state index contributed by atoms with van der Waals surface area (Å²) in [7, 11) is 2.13. The molecule has 0 aliphatic rings. The van der Waals surface area contributed by atoms with E-state index in [1.165, 1.54) is 0 Å². The van der Waals surface area contributed by atoms with Crippen molar-refractivity contribution in [3.05, 3.63) is 36.0 Å². The molecule has 0 atom stereocenters. The van der Waals surface area contributed by atoms with Gasteiger partial charge >= 0.3 is 0 Å². The predicted molar refractivity (Wildman–Crippen MR) is 67.7 cm³/mol. The first-order chi connectivity index (χ1) is 6.98. The van der Waals surface area contributed by atoms with E-state index in [-0.39, 0.29) is 5.31 Å². The molecular weight excluding hydrogens is 183 g/mol. The average molecular weight is 198 g/mol. The Hall–Kier alpha value is -1.51. The highest BCUT2D eigenvalue weighted by molar-refractivity contribution is 6.15. The second-order valence-corrected chi connectivity index (χ2v) is 4.87. The fourth-order valence-corrected chi connectivity index (χ4v) is 1.73. The van der Waals surface area contributed by atoms with Gasteiger partial charge < -0.3 is 5.73 Å². The highest BCUT2D eigenvalue weighted by Crippen LogP contribution is 2.26. The number of para-hydroxylation sites is 1. The van der Waals surface area contributed by atoms with Crippen molar-refractivity contribution in [1.82, 2.24) is 4.98 Å². The molecule has 1 aromatic heterocycles. The Morgan fingerprint density at radius 1 is 1.27 bits per heavy atom. The van der Waals surface area contributed by atoms with Gasteiger partial charge in [-0.1, -0.05) is 32.0 Å². The molecule has 0 fully saturated rings. The van der Waals surface area contributed by atoms with Crippen LogP contribution in [0.4, 0.5) is 5.69 Å². The van der Waals surface area contributed by atoms with Gasteiger partial charge in [0.1, 0.15) is 7.85 Å². The molecule has 0 amide bonds. The van der Waals surface area contributed by atoms with E-state index in [1.807, 2.05) is 30.3 Å². The third kappa shape index (κ3) is 1.82. The molecule has 15 heavy (non-hydrogen) atoms. The zero-order valence-corrected chi connectivity index (χ0v) is 9.41. The molecule has 0 bridgehead atoms. The van der Waals surface area contributed by atoms with Crippen molar-refractivity contribution in [2.75, 3.05) is 5.73 Å². The Morgan fingerprint density at radius 3 is 2.60 bits per heavy atom. The van der Waals surface area contributed by atoms with Crippen molar-refractivity contribution in [2.24, 2.45) is 0 Å². The minimum Gasteiger partial charge on any atom is -0.397 e. The Labute approximate surface area is 90.9 Å². The molecule has 76 valence electrons. The number of pyridine rings is 1. The number of hydrogen-bond donors (Lipinski definition) is 1. The molecule has 2 aromatic rings. The van der Waals surface area contributed by atoms with Gasteiger partial charge in [0, 0.05) is 5.39 Å². The van der Waals surface area contributed by atoms with Crippen molar-refractivity contribution in [2.45, 2.75) is 19.2 Å². The summed E-state index contributed by atoms with van der Waals surface area (Å²) >= 11 is 0. The highest BCUT2D eigenvalue weighted by Gasteiger charge is 2.19. The Morgan fingerprint density at radius 2 is 1.93 bits per heavy atom. The number of anilines is 1. The normalized spacial score (nSPS) is 11.9. The molecule has 2 rings (SSSR count). The maximum Gasteiger partial charge on any atom is 0.116 e. The van der Waals surface area contributed by atoms with E-state index in [1.54, 1.807) is 0 Å². The van der Waals surface area contributed by atoms with Crippen LogP contribution in [0.2, 0.25) is 0 Å². The van der Waals surface area contributed by atoms with Crippen LogP contribution in [0.25, 0.3) is 10.9 Å². The van der Waals surface area contributed by atoms with Crippen LogP contribution in [-0.4, -0.2) is 12.8 Å². The van der Waals surface area contributed by atoms with E-state index in [2.05, 4.69) is 26.7 Å². The van der Waals surface area contributed by atoms with Crippen LogP contribution in [0.15, 0.2) is 30.3 Å². The first kappa shape index (κ1) is 10.0. The summed E-state index contributed by atoms with van der Waals surface area (Å²) in [5.41, 5.74) is 8.77. The molecule has 1 heterocycles. The third-order valence-corrected chi connectivity index (χ3v) is 2.46. The number of nitrogens with two attached hydrogens (primary N) is 1. The molecule has 0 aliphatic heterocycles. The van der Waals surface area contributed by atoms with Crippen molar-refractivity contribution >= 4 is 24.4 Å². The van der Waals surface area contributed by atoms with E-state index in [4.69, 9.17) is 5.73 Å². The minimum absolute atomic E-state index is 0.00584. The molecule has 2 nitrogen and oxygen atoms in total. The second kappa shape index (κ2) is 3.26. The van der Waals surface area contributed by atoms with Gasteiger partial charge in [0.15, 0.2) is 0 Å². The zero-order chi connectivity index (χ0) is 11.1. The Kier molecular flexibility index (Phi) is 2.18. The zero-order valence-electron chi connectivity index (χ0n) is 9.41. The van der Waals surface area contributed by atoms with Crippen LogP contribution in [0.5, 0.6) is 0 Å². The number of fused-ring (bicyclic) bond motifs is 1. The molecule has 0 saturated carbocycles. The molecule has 0 unspecified atom stereocenters. The van der Waals surface area contributed by atoms with Gasteiger partial charge in [-0.2, -0.15) is 0 Å². The molecule has 3 heteroatoms. The summed E-state index contributed by atoms with van der Waals surface area (Å²) in [5.74, 6) is 0. The topological polar surface area (TPSA) is 38.9 Å². The van der Waals surface area contributed by atoms with Gasteiger partial charge in [-0.3, -0.25) is 4.98 Å². The lowest BCUT2D eigenvalue weighted by Crippen LogP contribution is -2.20. The van der Waals surface area contributed by atoms with Crippen molar-refractivity contribution in [3.8, 4) is 0 Å². The smallest absolute Gasteiger partial charge is 0.116 e. The largest absolute Gasteiger partial charge is 0.397 e. The fourth-order valence-electron chi connectivity index (χ4n) is 1.73. The summed E-state index contributed by atoms with van der Waals surface area (Å²) in [5, 5.41) is 1.09. The molecule has 0 saturated heterocycles. The first-order valence-corrected chi connectivity index (χ1v) is 5.14. The van der Waals surface area contributed by atoms with E-state index in [0.29, 0.717) is 0 Å². The van der Waals surface area contributed by atoms with Crippen LogP contribution < -0.4 is 5.73 Å². The van der Waals surface area contributed by atoms with Crippen LogP contribution in [0.1, 0.15) is 19.5 Å². The second-order valence-electron chi connectivity index (χ2n) is 4.87. The van der Waals surface area contributed by atoms with Gasteiger partial charge in [-0.05, 0) is 17.4 Å². The van der Waals surface area contributed by atoms with Gasteiger partial charge in [-0.25, -0.2) is 0 Å². The lowest BCUT2D eigenvalue weighted by atomic mass is 9.69. The number of rotatable bonds is 1. The Bertz CT molecular complexity index is 500. The lowest BCUT2D eigenvalue weighted by molar-refractivity contribution is 0.738. The monoisotopic (exact) mass is 198 g/mol. The van der Waals surface area contributed by atoms with Gasteiger partial charge in [0.2, 0.25) is 0 Å². The number of nitrogens with zero attached hydrogens (tertiary/aromatic N) is 1. The van der Waals surface area contributed by atoms with Crippen LogP contribution in [-0.2, 0) is 5.31 Å². The number of hydrogen-bond acceptors (Lipinski definition) is 2. The quantitative estimate of drug-likeness (QED) is 0.708. The number of aromatic nitrogens is 1. The van der Waals surface area contributed by atoms with E-state index >= 15 is 0 Å². The SMILES string of the molecule is BC(C)(C)c1nc2ccccc2cc1N. The molecular formula is C12H15BN2. The van der Waals surface area contributed by atoms with Gasteiger partial charge in [0.05, 0.1) is 16.9 Å². The van der Waals surface area contributed by atoms with Crippen LogP contribution >= 0.6 is 0 Å². The van der Waals surface area contributed by atoms with Crippen molar-refractivity contribution in [1.29, 1.82) is 0 Å². The summed E-state index contributed by atoms with van der Waals surface area (Å²) in [4.78, 5) is 4.62. The number of benzene rings is 1. The van der Waals surface area contributed by atoms with E-state index < -0.39 is 0 Å². The molecule has 2 N–H and O–H groups in total. The van der Waals surface area contributed by atoms with Crippen molar-refractivity contribution in [3.63, 3.8) is 0 Å². The van der Waals surface area contributed by atoms with Gasteiger partial charge in [-0.15, -0.1) is 0 Å². The molecule has 0 radical (unpaired) electrons. The summed E-state index contributed by atoms with van der Waals surface area (Å²) in [6, 6.07) is 10.1. The number of nitrogen functional groups attached to an aromatic ring is 1. The molecule has 0 spiro atoms. The molecule has 0 aliphatic carbocycles. The lowest BCUT2D eigenvalue weighted by Gasteiger charge is -2.20. The van der Waals surface area contributed by atoms with Crippen LogP contribution in [0.3, 0.4) is 0 Å². The predicted octanol–water partition coefficient (Wildman–Crippen LogP) is 1.69. The summed E-state index contributed by atoms with van der Waals surface area (Å²) < 4.78 is 0. The highest BCUT2D eigenvalue weighted by atomic mass is 14.8. The maximum atomic E-state index is 6.01.